The summed E-state index contributed by atoms with van der Waals surface area (Å²) in [6.07, 6.45) is 5.53. The van der Waals surface area contributed by atoms with Crippen molar-refractivity contribution in [3.05, 3.63) is 0 Å². The van der Waals surface area contributed by atoms with Crippen molar-refractivity contribution in [3.8, 4) is 0 Å². The van der Waals surface area contributed by atoms with Crippen molar-refractivity contribution >= 4 is 6.29 Å². The zero-order valence-corrected chi connectivity index (χ0v) is 10.7. The Kier molecular flexibility index (Phi) is 11.5. The van der Waals surface area contributed by atoms with Gasteiger partial charge in [0.05, 0.1) is 11.5 Å². The number of carbonyl (C=O) groups excluding carboxylic acids is 1. The highest BCUT2D eigenvalue weighted by molar-refractivity contribution is 5.60. The average Bonchev–Trinajstić information content (AvgIpc) is 2.83. The predicted molar refractivity (Wildman–Crippen MR) is 62.9 cm³/mol. The molecule has 0 aromatic heterocycles. The molecule has 3 heteroatoms. The Bertz CT molecular complexity index is 140. The Morgan fingerprint density at radius 2 is 1.67 bits per heavy atom. The Balaban J connectivity index is 0. The van der Waals surface area contributed by atoms with Crippen LogP contribution >= 0.6 is 0 Å². The molecule has 0 bridgehead atoms. The first-order valence-corrected chi connectivity index (χ1v) is 5.69. The van der Waals surface area contributed by atoms with E-state index in [1.807, 2.05) is 20.8 Å². The van der Waals surface area contributed by atoms with Gasteiger partial charge in [-0.3, -0.25) is 0 Å². The van der Waals surface area contributed by atoms with Crippen LogP contribution in [0.2, 0.25) is 0 Å². The topological polar surface area (TPSA) is 46.5 Å². The largest absolute Gasteiger partial charge is 0.400 e. The van der Waals surface area contributed by atoms with E-state index < -0.39 is 0 Å². The fourth-order valence-corrected chi connectivity index (χ4v) is 1.89. The first-order valence-electron chi connectivity index (χ1n) is 5.69. The number of aliphatic hydroxyl groups excluding tert-OH is 1. The Hall–Kier alpha value is -0.410. The molecule has 0 aliphatic heterocycles. The molecule has 0 spiro atoms. The lowest BCUT2D eigenvalue weighted by Crippen LogP contribution is -2.33. The van der Waals surface area contributed by atoms with E-state index in [0.717, 1.165) is 26.2 Å². The Labute approximate surface area is 93.8 Å². The lowest BCUT2D eigenvalue weighted by atomic mass is 9.83. The van der Waals surface area contributed by atoms with E-state index in [1.165, 1.54) is 12.8 Å². The van der Waals surface area contributed by atoms with Gasteiger partial charge in [0.1, 0.15) is 6.29 Å². The fraction of sp³-hybridized carbons (Fsp3) is 0.917. The second kappa shape index (κ2) is 10.1. The molecule has 0 saturated heterocycles. The van der Waals surface area contributed by atoms with Gasteiger partial charge in [-0.25, -0.2) is 0 Å². The highest BCUT2D eigenvalue weighted by atomic mass is 16.5. The molecule has 1 N–H and O–H groups in total. The van der Waals surface area contributed by atoms with E-state index in [1.54, 1.807) is 7.11 Å². The molecule has 1 saturated carbocycles. The molecule has 0 heterocycles. The standard InChI is InChI=1S/C9H16O2.C2H6.CH4O/c1-8(11-2)9(7-10)5-3-4-6-9;2*1-2/h7-8H,3-6H2,1-2H3;1-2H3;2H,1H3. The number of methoxy groups -OCH3 is 1. The van der Waals surface area contributed by atoms with E-state index in [0.29, 0.717) is 0 Å². The Morgan fingerprint density at radius 3 is 1.93 bits per heavy atom. The van der Waals surface area contributed by atoms with Gasteiger partial charge in [-0.05, 0) is 19.8 Å². The average molecular weight is 218 g/mol. The Morgan fingerprint density at radius 1 is 1.27 bits per heavy atom. The first kappa shape index (κ1) is 17.0. The molecule has 1 aliphatic carbocycles. The normalized spacial score (nSPS) is 19.1. The summed E-state index contributed by atoms with van der Waals surface area (Å²) >= 11 is 0. The zero-order valence-electron chi connectivity index (χ0n) is 10.7. The van der Waals surface area contributed by atoms with Crippen molar-refractivity contribution < 1.29 is 14.6 Å². The molecule has 1 rings (SSSR count). The quantitative estimate of drug-likeness (QED) is 0.740. The predicted octanol–water partition coefficient (Wildman–Crippen LogP) is 2.42. The van der Waals surface area contributed by atoms with Crippen molar-refractivity contribution in [2.75, 3.05) is 14.2 Å². The zero-order chi connectivity index (χ0) is 12.3. The van der Waals surface area contributed by atoms with Crippen LogP contribution in [0.3, 0.4) is 0 Å². The summed E-state index contributed by atoms with van der Waals surface area (Å²) in [4.78, 5) is 10.8. The van der Waals surface area contributed by atoms with Gasteiger partial charge in [0.25, 0.3) is 0 Å². The maximum atomic E-state index is 10.8. The molecular formula is C12H26O3. The van der Waals surface area contributed by atoms with Crippen LogP contribution in [0.25, 0.3) is 0 Å². The molecule has 0 aromatic rings. The first-order chi connectivity index (χ1) is 7.25. The number of aliphatic hydroxyl groups is 1. The second-order valence-electron chi connectivity index (χ2n) is 3.44. The molecule has 0 aromatic carbocycles. The van der Waals surface area contributed by atoms with E-state index in [9.17, 15) is 4.79 Å². The van der Waals surface area contributed by atoms with Gasteiger partial charge in [0.15, 0.2) is 0 Å². The molecule has 15 heavy (non-hydrogen) atoms. The number of rotatable bonds is 3. The van der Waals surface area contributed by atoms with E-state index in [4.69, 9.17) is 9.84 Å². The van der Waals surface area contributed by atoms with Crippen LogP contribution in [-0.2, 0) is 9.53 Å². The smallest absolute Gasteiger partial charge is 0.128 e. The molecule has 1 fully saturated rings. The summed E-state index contributed by atoms with van der Waals surface area (Å²) in [7, 11) is 2.67. The highest BCUT2D eigenvalue weighted by Gasteiger charge is 2.38. The number of aldehydes is 1. The summed E-state index contributed by atoms with van der Waals surface area (Å²) < 4.78 is 5.20. The van der Waals surface area contributed by atoms with E-state index >= 15 is 0 Å². The van der Waals surface area contributed by atoms with Gasteiger partial charge in [-0.1, -0.05) is 26.7 Å². The van der Waals surface area contributed by atoms with Crippen LogP contribution in [0.4, 0.5) is 0 Å². The molecule has 1 unspecified atom stereocenters. The van der Waals surface area contributed by atoms with Crippen LogP contribution in [-0.4, -0.2) is 31.7 Å². The van der Waals surface area contributed by atoms with E-state index in [2.05, 4.69) is 0 Å². The van der Waals surface area contributed by atoms with Crippen molar-refractivity contribution in [2.45, 2.75) is 52.6 Å². The second-order valence-corrected chi connectivity index (χ2v) is 3.44. The van der Waals surface area contributed by atoms with Crippen LogP contribution in [0.5, 0.6) is 0 Å². The summed E-state index contributed by atoms with van der Waals surface area (Å²) in [6, 6.07) is 0. The minimum Gasteiger partial charge on any atom is -0.400 e. The summed E-state index contributed by atoms with van der Waals surface area (Å²) in [5, 5.41) is 7.00. The number of carbonyl (C=O) groups is 1. The van der Waals surface area contributed by atoms with Gasteiger partial charge < -0.3 is 14.6 Å². The van der Waals surface area contributed by atoms with Gasteiger partial charge >= 0.3 is 0 Å². The van der Waals surface area contributed by atoms with Crippen molar-refractivity contribution in [1.82, 2.24) is 0 Å². The third-order valence-corrected chi connectivity index (χ3v) is 2.93. The molecule has 0 radical (unpaired) electrons. The van der Waals surface area contributed by atoms with Crippen LogP contribution in [0.1, 0.15) is 46.5 Å². The molecule has 1 aliphatic rings. The minimum atomic E-state index is -0.158. The lowest BCUT2D eigenvalue weighted by Gasteiger charge is -2.27. The molecule has 3 nitrogen and oxygen atoms in total. The molecule has 92 valence electrons. The summed E-state index contributed by atoms with van der Waals surface area (Å²) in [6.45, 7) is 5.99. The highest BCUT2D eigenvalue weighted by Crippen LogP contribution is 2.40. The SMILES string of the molecule is CC.CO.COC(C)C1(C=O)CCCC1. The van der Waals surface area contributed by atoms with Crippen molar-refractivity contribution in [2.24, 2.45) is 5.41 Å². The third kappa shape index (κ3) is 4.76. The third-order valence-electron chi connectivity index (χ3n) is 2.93. The summed E-state index contributed by atoms with van der Waals surface area (Å²) in [5.41, 5.74) is -0.158. The van der Waals surface area contributed by atoms with Crippen LogP contribution in [0, 0.1) is 5.41 Å². The van der Waals surface area contributed by atoms with E-state index in [-0.39, 0.29) is 11.5 Å². The van der Waals surface area contributed by atoms with Crippen molar-refractivity contribution in [3.63, 3.8) is 0 Å². The van der Waals surface area contributed by atoms with Gasteiger partial charge in [0, 0.05) is 14.2 Å². The maximum Gasteiger partial charge on any atom is 0.128 e. The van der Waals surface area contributed by atoms with Gasteiger partial charge in [-0.2, -0.15) is 0 Å². The maximum absolute atomic E-state index is 10.8. The monoisotopic (exact) mass is 218 g/mol. The molecule has 1 atom stereocenters. The number of hydrogen-bond donors (Lipinski definition) is 1. The molecular weight excluding hydrogens is 192 g/mol. The number of ether oxygens (including phenoxy) is 1. The lowest BCUT2D eigenvalue weighted by molar-refractivity contribution is -0.123. The number of hydrogen-bond acceptors (Lipinski definition) is 3. The summed E-state index contributed by atoms with van der Waals surface area (Å²) in [5.74, 6) is 0. The van der Waals surface area contributed by atoms with Gasteiger partial charge in [-0.15, -0.1) is 0 Å². The minimum absolute atomic E-state index is 0.0856. The van der Waals surface area contributed by atoms with Crippen LogP contribution in [0.15, 0.2) is 0 Å². The molecule has 0 amide bonds. The van der Waals surface area contributed by atoms with Crippen molar-refractivity contribution in [1.29, 1.82) is 0 Å². The van der Waals surface area contributed by atoms with Crippen LogP contribution < -0.4 is 0 Å². The fourth-order valence-electron chi connectivity index (χ4n) is 1.89. The van der Waals surface area contributed by atoms with Gasteiger partial charge in [0.2, 0.25) is 0 Å².